The van der Waals surface area contributed by atoms with Crippen molar-refractivity contribution in [3.8, 4) is 0 Å². The van der Waals surface area contributed by atoms with E-state index in [0.717, 1.165) is 51.4 Å². The predicted molar refractivity (Wildman–Crippen MR) is 294 cm³/mol. The lowest BCUT2D eigenvalue weighted by molar-refractivity contribution is -0.223. The summed E-state index contributed by atoms with van der Waals surface area (Å²) in [6.45, 7) is 53.2. The summed E-state index contributed by atoms with van der Waals surface area (Å²) >= 11 is 0. The van der Waals surface area contributed by atoms with E-state index in [1.54, 1.807) is 0 Å². The second kappa shape index (κ2) is 17.4. The molecule has 8 fully saturated rings. The molecule has 8 aliphatic carbocycles. The molecule has 416 valence electrons. The molecule has 8 rings (SSSR count). The van der Waals surface area contributed by atoms with E-state index in [0.29, 0.717) is 47.3 Å². The van der Waals surface area contributed by atoms with Crippen molar-refractivity contribution in [3.05, 3.63) is 0 Å². The maximum absolute atomic E-state index is 7.51. The van der Waals surface area contributed by atoms with Gasteiger partial charge in [-0.2, -0.15) is 0 Å². The van der Waals surface area contributed by atoms with E-state index in [1.807, 2.05) is 56.1 Å². The summed E-state index contributed by atoms with van der Waals surface area (Å²) in [5, 5.41) is 20.6. The lowest BCUT2D eigenvalue weighted by atomic mass is 9.52. The molecule has 0 saturated heterocycles. The van der Waals surface area contributed by atoms with Crippen molar-refractivity contribution in [3.63, 3.8) is 0 Å². The summed E-state index contributed by atoms with van der Waals surface area (Å²) in [6, 6.07) is 0. The zero-order valence-corrected chi connectivity index (χ0v) is 49.5. The van der Waals surface area contributed by atoms with Crippen LogP contribution >= 0.6 is 0 Å². The molecular formula is C61H124O8. The van der Waals surface area contributed by atoms with Crippen molar-refractivity contribution in [1.29, 1.82) is 5.72 Å². The van der Waals surface area contributed by atoms with Crippen LogP contribution in [-0.4, -0.2) is 99.4 Å². The van der Waals surface area contributed by atoms with Gasteiger partial charge in [0.05, 0.1) is 44.8 Å². The average molecular weight is 1010 g/mol. The molecule has 0 aromatic carbocycles. The van der Waals surface area contributed by atoms with Crippen molar-refractivity contribution in [2.45, 2.75) is 270 Å². The average Bonchev–Trinajstić information content (AvgIpc) is 4.29. The topological polar surface area (TPSA) is 118 Å². The lowest BCUT2D eigenvalue weighted by Crippen LogP contribution is -2.62. The molecule has 69 heavy (non-hydrogen) atoms. The van der Waals surface area contributed by atoms with Crippen molar-refractivity contribution >= 4 is 0 Å². The summed E-state index contributed by atoms with van der Waals surface area (Å²) in [5.74, 6) is 5.05. The number of aliphatic hydroxyl groups is 4. The molecule has 8 bridgehead atoms. The van der Waals surface area contributed by atoms with Crippen LogP contribution in [0.15, 0.2) is 0 Å². The number of hydrogen-bond donors (Lipinski definition) is 4. The molecule has 0 heterocycles. The minimum Gasteiger partial charge on any atom is -0.390 e. The van der Waals surface area contributed by atoms with Gasteiger partial charge in [-0.3, -0.25) is 0 Å². The molecule has 0 aromatic heterocycles. The van der Waals surface area contributed by atoms with Gasteiger partial charge < -0.3 is 39.4 Å². The number of fused-ring (bicyclic) bond motifs is 8. The molecule has 8 aliphatic rings. The lowest BCUT2D eigenvalue weighted by Gasteiger charge is -2.57. The molecule has 16 atom stereocenters. The SMILES string of the molecule is C.[3H]OC(C)(C)C12CC([C@H](C)C1)C(C)(C)[C@@]2(C)OC.[3H]OC(C)(C)C12CC([C@H](C)C1)C(C)(C)[C@]2(C)OC.[3H]OC(C)(C)C12CC([C@H](C)C1)[C@@](C)(OC)C2(C)C.[3H]OC(C)(C)C12CC([C@H](C)C1)[C@](C)(OC)C2(C)C.[3H][3H].[3H][3H].[3H][3H].[3H][3H]. The van der Waals surface area contributed by atoms with Gasteiger partial charge in [0.15, 0.2) is 0 Å². The van der Waals surface area contributed by atoms with Crippen LogP contribution in [0.25, 0.3) is 0 Å². The largest absolute Gasteiger partial charge is 0.390 e. The molecule has 4 N–H and O–H groups in total. The van der Waals surface area contributed by atoms with Gasteiger partial charge in [0, 0.05) is 72.8 Å². The van der Waals surface area contributed by atoms with Gasteiger partial charge in [-0.1, -0.05) is 90.5 Å². The zero-order valence-electron chi connectivity index (χ0n) is 61.5. The van der Waals surface area contributed by atoms with Gasteiger partial charge in [0.25, 0.3) is 0 Å². The van der Waals surface area contributed by atoms with Crippen LogP contribution in [0, 0.1) is 90.7 Å². The zero-order chi connectivity index (χ0) is 63.9. The first-order valence-electron chi connectivity index (χ1n) is 32.8. The third-order valence-electron chi connectivity index (χ3n) is 26.4. The van der Waals surface area contributed by atoms with Crippen molar-refractivity contribution in [1.82, 2.24) is 0 Å². The van der Waals surface area contributed by atoms with Gasteiger partial charge in [-0.15, -0.1) is 0 Å². The first kappa shape index (κ1) is 49.6. The predicted octanol–water partition coefficient (Wildman–Crippen LogP) is 14.6. The monoisotopic (exact) mass is 1010 g/mol. The van der Waals surface area contributed by atoms with Crippen LogP contribution in [0.3, 0.4) is 0 Å². The second-order valence-electron chi connectivity index (χ2n) is 30.1. The van der Waals surface area contributed by atoms with Gasteiger partial charge >= 0.3 is 0 Å². The van der Waals surface area contributed by atoms with E-state index in [-0.39, 0.29) is 73.2 Å². The molecule has 0 spiro atoms. The van der Waals surface area contributed by atoms with Crippen molar-refractivity contribution in [2.75, 3.05) is 28.4 Å². The normalized spacial score (nSPS) is 49.2. The van der Waals surface area contributed by atoms with Crippen LogP contribution in [0.1, 0.15) is 237 Å². The molecule has 8 saturated carbocycles. The number of hydrogen-bond acceptors (Lipinski definition) is 8. The summed E-state index contributed by atoms with van der Waals surface area (Å²) in [6.07, 6.45) is 8.89. The van der Waals surface area contributed by atoms with E-state index >= 15 is 0 Å². The molecule has 0 radical (unpaired) electrons. The van der Waals surface area contributed by atoms with Crippen LogP contribution in [0.4, 0.5) is 0 Å². The maximum atomic E-state index is 7.51. The van der Waals surface area contributed by atoms with Crippen LogP contribution in [0.2, 0.25) is 0 Å². The van der Waals surface area contributed by atoms with E-state index in [2.05, 4.69) is 138 Å². The summed E-state index contributed by atoms with van der Waals surface area (Å²) < 4.78 is 94.0. The summed E-state index contributed by atoms with van der Waals surface area (Å²) in [5.41, 5.74) is -2.36. The second-order valence-corrected chi connectivity index (χ2v) is 30.1. The highest BCUT2D eigenvalue weighted by Crippen LogP contribution is 2.78. The minimum atomic E-state index is -0.478. The highest BCUT2D eigenvalue weighted by Gasteiger charge is 2.78. The quantitative estimate of drug-likeness (QED) is 0.153. The van der Waals surface area contributed by atoms with Crippen molar-refractivity contribution < 1.29 is 51.3 Å². The van der Waals surface area contributed by atoms with Gasteiger partial charge in [-0.25, -0.2) is 0 Å². The van der Waals surface area contributed by atoms with Gasteiger partial charge in [-0.05, 0) is 193 Å². The molecule has 8 nitrogen and oxygen atoms in total. The van der Waals surface area contributed by atoms with Crippen LogP contribution in [0.5, 0.6) is 0 Å². The third-order valence-corrected chi connectivity index (χ3v) is 26.4. The van der Waals surface area contributed by atoms with Crippen molar-refractivity contribution in [2.24, 2.45) is 90.7 Å². The Morgan fingerprint density at radius 2 is 0.609 bits per heavy atom. The van der Waals surface area contributed by atoms with Crippen LogP contribution < -0.4 is 0 Å². The smallest absolute Gasteiger partial charge is 0.211 e. The Morgan fingerprint density at radius 3 is 0.826 bits per heavy atom. The highest BCUT2D eigenvalue weighted by atomic mass is 16.5. The Hall–Kier alpha value is -0.320. The van der Waals surface area contributed by atoms with Gasteiger partial charge in [0.1, 0.15) is 0 Å². The minimum absolute atomic E-state index is 0. The summed E-state index contributed by atoms with van der Waals surface area (Å²) in [7, 11) is 7.29. The number of ether oxygens (including phenoxy) is 4. The number of rotatable bonds is 12. The fraction of sp³-hybridized carbons (Fsp3) is 1.00. The fourth-order valence-corrected chi connectivity index (χ4v) is 20.8. The molecular weight excluding hydrogens is 861 g/mol. The molecule has 0 aliphatic heterocycles. The Kier molecular flexibility index (Phi) is 12.5. The fourth-order valence-electron chi connectivity index (χ4n) is 20.8. The molecule has 8 heteroatoms. The number of methoxy groups -OCH3 is 4. The molecule has 0 aromatic rings. The standard InChI is InChI=1S/4C15H28O2.CH4.4H2/c2*1-10-8-15(13(4,5)16)9-11(10)14(6,17-7)12(15,2)3;2*1-10-8-15(13(4,5)16)9-11(10)12(2,3)14(15,6)17-7;;;;;/h4*10-11,16H,8-9H2,1-7H3;1H4;4*1H/t10-,11?,14+,15?;10-,11?,14-,15?;10-,11?,14+,15?;10-,11?,14-,15?;;;;;/m1111...../s1/i4*16T;;4*1+2T. The molecule has 8 unspecified atom stereocenters. The van der Waals surface area contributed by atoms with Gasteiger partial charge in [0.2, 0.25) is 5.72 Å². The van der Waals surface area contributed by atoms with Crippen LogP contribution in [-0.2, 0) is 18.9 Å². The van der Waals surface area contributed by atoms with E-state index in [9.17, 15) is 0 Å². The summed E-state index contributed by atoms with van der Waals surface area (Å²) in [4.78, 5) is 0. The Labute approximate surface area is 445 Å². The highest BCUT2D eigenvalue weighted by molar-refractivity contribution is 5.27. The Morgan fingerprint density at radius 1 is 0.391 bits per heavy atom. The van der Waals surface area contributed by atoms with E-state index in [1.165, 1.54) is 0 Å². The third kappa shape index (κ3) is 7.32. The maximum Gasteiger partial charge on any atom is 0.211 e. The molecule has 0 amide bonds. The van der Waals surface area contributed by atoms with E-state index in [4.69, 9.17) is 57.0 Å². The first-order chi connectivity index (χ1) is 36.4. The van der Waals surface area contributed by atoms with E-state index < -0.39 is 22.4 Å². The first-order valence-corrected chi connectivity index (χ1v) is 27.2. The Balaban J connectivity index is 0.00000101. The Bertz CT molecular complexity index is 1840.